The van der Waals surface area contributed by atoms with Crippen molar-refractivity contribution in [3.8, 4) is 11.3 Å². The molecule has 0 amide bonds. The molecule has 5 heteroatoms. The van der Waals surface area contributed by atoms with E-state index in [1.54, 1.807) is 6.07 Å². The van der Waals surface area contributed by atoms with Crippen molar-refractivity contribution in [1.82, 2.24) is 9.47 Å². The van der Waals surface area contributed by atoms with Gasteiger partial charge in [-0.3, -0.25) is 0 Å². The van der Waals surface area contributed by atoms with Gasteiger partial charge in [0.15, 0.2) is 0 Å². The lowest BCUT2D eigenvalue weighted by molar-refractivity contribution is 0.0697. The van der Waals surface area contributed by atoms with Crippen molar-refractivity contribution in [1.29, 1.82) is 0 Å². The number of carboxylic acid groups (broad SMARTS) is 1. The summed E-state index contributed by atoms with van der Waals surface area (Å²) < 4.78 is 2.48. The number of aromatic carboxylic acids is 1. The fourth-order valence-corrected chi connectivity index (χ4v) is 5.99. The van der Waals surface area contributed by atoms with Crippen molar-refractivity contribution in [3.05, 3.63) is 53.6 Å². The number of rotatable bonds is 4. The van der Waals surface area contributed by atoms with E-state index < -0.39 is 5.97 Å². The van der Waals surface area contributed by atoms with Gasteiger partial charge in [0.05, 0.1) is 22.8 Å². The Morgan fingerprint density at radius 3 is 2.56 bits per heavy atom. The summed E-state index contributed by atoms with van der Waals surface area (Å²) in [6.07, 6.45) is 6.28. The zero-order valence-electron chi connectivity index (χ0n) is 19.3. The molecule has 0 bridgehead atoms. The highest BCUT2D eigenvalue weighted by atomic mass is 16.4. The molecule has 1 N–H and O–H groups in total. The van der Waals surface area contributed by atoms with E-state index in [1.807, 2.05) is 6.07 Å². The average molecular weight is 432 g/mol. The molecule has 1 saturated carbocycles. The molecule has 1 unspecified atom stereocenters. The summed E-state index contributed by atoms with van der Waals surface area (Å²) in [6, 6.07) is 14.7. The van der Waals surface area contributed by atoms with Gasteiger partial charge in [-0.25, -0.2) is 4.79 Å². The molecule has 1 aromatic heterocycles. The Morgan fingerprint density at radius 1 is 1.09 bits per heavy atom. The van der Waals surface area contributed by atoms with E-state index in [2.05, 4.69) is 65.8 Å². The van der Waals surface area contributed by atoms with Gasteiger partial charge in [0.1, 0.15) is 0 Å². The van der Waals surface area contributed by atoms with Crippen LogP contribution in [0.3, 0.4) is 0 Å². The molecule has 0 spiro atoms. The number of benzene rings is 2. The van der Waals surface area contributed by atoms with E-state index in [1.165, 1.54) is 60.0 Å². The first-order chi connectivity index (χ1) is 15.5. The molecule has 1 fully saturated rings. The number of aromatic nitrogens is 1. The summed E-state index contributed by atoms with van der Waals surface area (Å²) in [4.78, 5) is 16.5. The highest BCUT2D eigenvalue weighted by Gasteiger charge is 2.33. The van der Waals surface area contributed by atoms with Gasteiger partial charge in [-0.2, -0.15) is 0 Å². The minimum Gasteiger partial charge on any atom is -0.478 e. The fourth-order valence-electron chi connectivity index (χ4n) is 5.99. The van der Waals surface area contributed by atoms with Crippen molar-refractivity contribution < 1.29 is 9.90 Å². The predicted molar refractivity (Wildman–Crippen MR) is 131 cm³/mol. The van der Waals surface area contributed by atoms with Crippen LogP contribution < -0.4 is 4.90 Å². The first kappa shape index (κ1) is 21.1. The van der Waals surface area contributed by atoms with Crippen LogP contribution in [0.25, 0.3) is 22.2 Å². The van der Waals surface area contributed by atoms with Crippen LogP contribution in [-0.4, -0.2) is 54.8 Å². The number of anilines is 1. The predicted octanol–water partition coefficient (Wildman–Crippen LogP) is 5.61. The Bertz CT molecular complexity index is 1160. The lowest BCUT2D eigenvalue weighted by atomic mass is 9.81. The third-order valence-corrected chi connectivity index (χ3v) is 7.30. The van der Waals surface area contributed by atoms with Gasteiger partial charge in [0, 0.05) is 36.8 Å². The van der Waals surface area contributed by atoms with Crippen LogP contribution in [0.1, 0.15) is 60.0 Å². The number of likely N-dealkylation sites (N-methyl/N-ethyl adjacent to an activating group) is 2. The maximum absolute atomic E-state index is 11.9. The number of hydrogen-bond acceptors (Lipinski definition) is 3. The largest absolute Gasteiger partial charge is 0.478 e. The zero-order valence-corrected chi connectivity index (χ0v) is 19.3. The molecule has 5 nitrogen and oxygen atoms in total. The fraction of sp³-hybridized carbons (Fsp3) is 0.444. The van der Waals surface area contributed by atoms with Crippen LogP contribution in [0.5, 0.6) is 0 Å². The van der Waals surface area contributed by atoms with Crippen LogP contribution in [0.4, 0.5) is 5.69 Å². The number of carboxylic acids is 1. The lowest BCUT2D eigenvalue weighted by Crippen LogP contribution is -2.33. The average Bonchev–Trinajstić information content (AvgIpc) is 3.07. The van der Waals surface area contributed by atoms with Gasteiger partial charge in [-0.1, -0.05) is 43.5 Å². The summed E-state index contributed by atoms with van der Waals surface area (Å²) in [7, 11) is 6.42. The van der Waals surface area contributed by atoms with E-state index in [-0.39, 0.29) is 6.04 Å². The maximum Gasteiger partial charge on any atom is 0.335 e. The standard InChI is InChI=1S/C27H33N3O2/c1-28(2)16-20-17-29(3)23-12-8-7-11-22(23)26-25(18-9-5-4-6-10-18)21-14-13-19(27(31)32)15-24(21)30(20)26/h7-8,11-15,18,20H,4-6,9-10,16-17H2,1-3H3,(H,31,32). The van der Waals surface area contributed by atoms with Crippen LogP contribution in [0.2, 0.25) is 0 Å². The van der Waals surface area contributed by atoms with Crippen LogP contribution in [0.15, 0.2) is 42.5 Å². The Kier molecular flexibility index (Phi) is 5.46. The quantitative estimate of drug-likeness (QED) is 0.584. The Balaban J connectivity index is 1.87. The third-order valence-electron chi connectivity index (χ3n) is 7.30. The highest BCUT2D eigenvalue weighted by molar-refractivity contribution is 5.99. The molecule has 5 rings (SSSR count). The Labute approximate surface area is 190 Å². The van der Waals surface area contributed by atoms with Gasteiger partial charge in [0.2, 0.25) is 0 Å². The number of nitrogens with zero attached hydrogens (tertiary/aromatic N) is 3. The first-order valence-electron chi connectivity index (χ1n) is 11.8. The molecule has 0 radical (unpaired) electrons. The van der Waals surface area contributed by atoms with Crippen LogP contribution in [-0.2, 0) is 0 Å². The molecule has 168 valence electrons. The van der Waals surface area contributed by atoms with Crippen molar-refractivity contribution in [3.63, 3.8) is 0 Å². The van der Waals surface area contributed by atoms with E-state index in [9.17, 15) is 9.90 Å². The minimum atomic E-state index is -0.864. The number of carbonyl (C=O) groups is 1. The molecule has 2 aliphatic rings. The molecule has 1 aliphatic heterocycles. The van der Waals surface area contributed by atoms with Crippen molar-refractivity contribution in [2.24, 2.45) is 0 Å². The molecule has 1 atom stereocenters. The van der Waals surface area contributed by atoms with Gasteiger partial charge in [-0.15, -0.1) is 0 Å². The first-order valence-corrected chi connectivity index (χ1v) is 11.8. The monoisotopic (exact) mass is 431 g/mol. The van der Waals surface area contributed by atoms with Crippen molar-refractivity contribution in [2.45, 2.75) is 44.1 Å². The second-order valence-corrected chi connectivity index (χ2v) is 9.82. The Hall–Kier alpha value is -2.79. The number of hydrogen-bond donors (Lipinski definition) is 1. The van der Waals surface area contributed by atoms with E-state index in [4.69, 9.17) is 0 Å². The van der Waals surface area contributed by atoms with E-state index >= 15 is 0 Å². The molecule has 32 heavy (non-hydrogen) atoms. The highest BCUT2D eigenvalue weighted by Crippen LogP contribution is 2.48. The molecular formula is C27H33N3O2. The zero-order chi connectivity index (χ0) is 22.4. The third kappa shape index (κ3) is 3.49. The number of para-hydroxylation sites is 1. The SMILES string of the molecule is CN(C)CC1CN(C)c2ccccc2-c2c(C3CCCCC3)c3ccc(C(=O)O)cc3n21. The topological polar surface area (TPSA) is 48.7 Å². The van der Waals surface area contributed by atoms with E-state index in [0.29, 0.717) is 11.5 Å². The van der Waals surface area contributed by atoms with E-state index in [0.717, 1.165) is 18.6 Å². The molecule has 2 aromatic carbocycles. The second-order valence-electron chi connectivity index (χ2n) is 9.82. The molecular weight excluding hydrogens is 398 g/mol. The normalized spacial score (nSPS) is 19.1. The van der Waals surface area contributed by atoms with Crippen LogP contribution in [0, 0.1) is 0 Å². The summed E-state index contributed by atoms with van der Waals surface area (Å²) in [6.45, 7) is 1.78. The molecule has 2 heterocycles. The van der Waals surface area contributed by atoms with Gasteiger partial charge < -0.3 is 19.5 Å². The minimum absolute atomic E-state index is 0.223. The van der Waals surface area contributed by atoms with Gasteiger partial charge in [-0.05, 0) is 56.6 Å². The summed E-state index contributed by atoms with van der Waals surface area (Å²) in [5, 5.41) is 11.0. The smallest absolute Gasteiger partial charge is 0.335 e. The second kappa shape index (κ2) is 8.28. The summed E-state index contributed by atoms with van der Waals surface area (Å²) >= 11 is 0. The lowest BCUT2D eigenvalue weighted by Gasteiger charge is -2.27. The maximum atomic E-state index is 11.9. The molecule has 3 aromatic rings. The summed E-state index contributed by atoms with van der Waals surface area (Å²) in [5.74, 6) is -0.341. The van der Waals surface area contributed by atoms with Crippen molar-refractivity contribution in [2.75, 3.05) is 39.1 Å². The van der Waals surface area contributed by atoms with Crippen molar-refractivity contribution >= 4 is 22.6 Å². The summed E-state index contributed by atoms with van der Waals surface area (Å²) in [5.41, 5.74) is 6.70. The number of fused-ring (bicyclic) bond motifs is 5. The molecule has 1 aliphatic carbocycles. The van der Waals surface area contributed by atoms with Crippen LogP contribution >= 0.6 is 0 Å². The van der Waals surface area contributed by atoms with Gasteiger partial charge >= 0.3 is 5.97 Å². The molecule has 0 saturated heterocycles. The Morgan fingerprint density at radius 2 is 1.84 bits per heavy atom. The van der Waals surface area contributed by atoms with Gasteiger partial charge in [0.25, 0.3) is 0 Å².